The molecule has 0 saturated carbocycles. The second-order valence-electron chi connectivity index (χ2n) is 4.78. The van der Waals surface area contributed by atoms with Crippen molar-refractivity contribution in [1.29, 1.82) is 0 Å². The highest BCUT2D eigenvalue weighted by molar-refractivity contribution is 5.87. The van der Waals surface area contributed by atoms with Crippen molar-refractivity contribution < 1.29 is 9.90 Å². The average molecular weight is 276 g/mol. The lowest BCUT2D eigenvalue weighted by Crippen LogP contribution is -2.30. The molecule has 0 unspecified atom stereocenters. The van der Waals surface area contributed by atoms with Gasteiger partial charge in [-0.25, -0.2) is 4.79 Å². The summed E-state index contributed by atoms with van der Waals surface area (Å²) in [5.41, 5.74) is 4.09. The van der Waals surface area contributed by atoms with E-state index in [-0.39, 0.29) is 0 Å². The van der Waals surface area contributed by atoms with Crippen LogP contribution in [0, 0.1) is 13.8 Å². The maximum atomic E-state index is 11.3. The van der Waals surface area contributed by atoms with Crippen molar-refractivity contribution in [2.45, 2.75) is 27.7 Å². The lowest BCUT2D eigenvalue weighted by Gasteiger charge is -2.27. The Balaban J connectivity index is 3.28. The van der Waals surface area contributed by atoms with Gasteiger partial charge in [0.15, 0.2) is 0 Å². The molecule has 0 aromatic heterocycles. The molecule has 0 spiro atoms. The number of carboxylic acid groups (broad SMARTS) is 1. The van der Waals surface area contributed by atoms with E-state index in [0.29, 0.717) is 12.2 Å². The van der Waals surface area contributed by atoms with Crippen molar-refractivity contribution in [2.75, 3.05) is 29.4 Å². The van der Waals surface area contributed by atoms with Crippen LogP contribution < -0.4 is 9.80 Å². The van der Waals surface area contributed by atoms with Gasteiger partial charge in [0.2, 0.25) is 0 Å². The van der Waals surface area contributed by atoms with Gasteiger partial charge in [-0.15, -0.1) is 6.58 Å². The van der Waals surface area contributed by atoms with Crippen LogP contribution in [0.5, 0.6) is 0 Å². The largest absolute Gasteiger partial charge is 0.465 e. The van der Waals surface area contributed by atoms with Crippen LogP contribution in [0.1, 0.15) is 25.0 Å². The number of aryl methyl sites for hydroxylation is 2. The third kappa shape index (κ3) is 3.32. The Labute approximate surface area is 121 Å². The minimum Gasteiger partial charge on any atom is -0.465 e. The van der Waals surface area contributed by atoms with E-state index >= 15 is 0 Å². The zero-order valence-electron chi connectivity index (χ0n) is 12.8. The monoisotopic (exact) mass is 276 g/mol. The van der Waals surface area contributed by atoms with E-state index < -0.39 is 6.09 Å². The predicted molar refractivity (Wildman–Crippen MR) is 85.0 cm³/mol. The molecule has 0 aliphatic rings. The molecule has 0 saturated heterocycles. The molecule has 4 heteroatoms. The summed E-state index contributed by atoms with van der Waals surface area (Å²) in [6.45, 7) is 14.1. The molecule has 0 radical (unpaired) electrons. The molecule has 0 heterocycles. The molecule has 1 N–H and O–H groups in total. The fourth-order valence-corrected chi connectivity index (χ4v) is 2.55. The van der Waals surface area contributed by atoms with Crippen LogP contribution in [0.25, 0.3) is 0 Å². The van der Waals surface area contributed by atoms with E-state index in [1.165, 1.54) is 10.6 Å². The van der Waals surface area contributed by atoms with Gasteiger partial charge in [-0.3, -0.25) is 4.90 Å². The SMILES string of the molecule is C=CCN(C(=O)O)c1cc(C)c(N(CC)CC)c(C)c1. The van der Waals surface area contributed by atoms with Gasteiger partial charge in [0.05, 0.1) is 0 Å². The summed E-state index contributed by atoms with van der Waals surface area (Å²) in [7, 11) is 0. The molecule has 0 aliphatic carbocycles. The van der Waals surface area contributed by atoms with Crippen molar-refractivity contribution in [3.63, 3.8) is 0 Å². The van der Waals surface area contributed by atoms with Crippen LogP contribution in [-0.2, 0) is 0 Å². The van der Waals surface area contributed by atoms with Crippen molar-refractivity contribution >= 4 is 17.5 Å². The molecule has 0 fully saturated rings. The minimum atomic E-state index is -0.959. The fourth-order valence-electron chi connectivity index (χ4n) is 2.55. The predicted octanol–water partition coefficient (Wildman–Crippen LogP) is 3.82. The lowest BCUT2D eigenvalue weighted by molar-refractivity contribution is 0.202. The van der Waals surface area contributed by atoms with Crippen LogP contribution in [0.15, 0.2) is 24.8 Å². The van der Waals surface area contributed by atoms with Crippen LogP contribution in [0.4, 0.5) is 16.2 Å². The molecular weight excluding hydrogens is 252 g/mol. The number of carbonyl (C=O) groups is 1. The molecule has 1 aromatic rings. The first kappa shape index (κ1) is 16.1. The number of nitrogens with zero attached hydrogens (tertiary/aromatic N) is 2. The summed E-state index contributed by atoms with van der Waals surface area (Å²) in [4.78, 5) is 14.9. The molecule has 0 atom stereocenters. The van der Waals surface area contributed by atoms with E-state index in [1.807, 2.05) is 26.0 Å². The summed E-state index contributed by atoms with van der Waals surface area (Å²) >= 11 is 0. The van der Waals surface area contributed by atoms with Gasteiger partial charge in [0, 0.05) is 31.0 Å². The highest BCUT2D eigenvalue weighted by atomic mass is 16.4. The first-order chi connectivity index (χ1) is 9.46. The van der Waals surface area contributed by atoms with E-state index in [9.17, 15) is 9.90 Å². The van der Waals surface area contributed by atoms with E-state index in [2.05, 4.69) is 25.3 Å². The molecule has 20 heavy (non-hydrogen) atoms. The van der Waals surface area contributed by atoms with Gasteiger partial charge in [0.25, 0.3) is 0 Å². The van der Waals surface area contributed by atoms with Crippen molar-refractivity contribution in [2.24, 2.45) is 0 Å². The first-order valence-electron chi connectivity index (χ1n) is 6.93. The first-order valence-corrected chi connectivity index (χ1v) is 6.93. The van der Waals surface area contributed by atoms with Crippen LogP contribution in [-0.4, -0.2) is 30.8 Å². The number of anilines is 2. The molecule has 110 valence electrons. The summed E-state index contributed by atoms with van der Waals surface area (Å²) in [6.07, 6.45) is 0.635. The third-order valence-electron chi connectivity index (χ3n) is 3.41. The number of amides is 1. The maximum Gasteiger partial charge on any atom is 0.412 e. The van der Waals surface area contributed by atoms with Crippen LogP contribution >= 0.6 is 0 Å². The fraction of sp³-hybridized carbons (Fsp3) is 0.438. The Hall–Kier alpha value is -1.97. The van der Waals surface area contributed by atoms with Crippen molar-refractivity contribution in [3.8, 4) is 0 Å². The molecule has 1 rings (SSSR count). The Morgan fingerprint density at radius 1 is 1.25 bits per heavy atom. The quantitative estimate of drug-likeness (QED) is 0.803. The number of hydrogen-bond donors (Lipinski definition) is 1. The molecule has 4 nitrogen and oxygen atoms in total. The smallest absolute Gasteiger partial charge is 0.412 e. The normalized spacial score (nSPS) is 10.2. The summed E-state index contributed by atoms with van der Waals surface area (Å²) in [5, 5.41) is 9.28. The molecule has 0 bridgehead atoms. The molecular formula is C16H24N2O2. The highest BCUT2D eigenvalue weighted by Gasteiger charge is 2.17. The van der Waals surface area contributed by atoms with E-state index in [1.54, 1.807) is 6.08 Å². The summed E-state index contributed by atoms with van der Waals surface area (Å²) < 4.78 is 0. The molecule has 0 aliphatic heterocycles. The Kier molecular flexibility index (Phi) is 5.62. The standard InChI is InChI=1S/C16H24N2O2/c1-6-9-18(16(19)20)14-10-12(4)15(13(5)11-14)17(7-2)8-3/h6,10-11H,1,7-9H2,2-5H3,(H,19,20). The van der Waals surface area contributed by atoms with Gasteiger partial charge in [-0.2, -0.15) is 0 Å². The second-order valence-corrected chi connectivity index (χ2v) is 4.78. The lowest BCUT2D eigenvalue weighted by atomic mass is 10.1. The molecule has 1 amide bonds. The number of benzene rings is 1. The topological polar surface area (TPSA) is 43.8 Å². The number of rotatable bonds is 6. The zero-order chi connectivity index (χ0) is 15.3. The molecule has 1 aromatic carbocycles. The highest BCUT2D eigenvalue weighted by Crippen LogP contribution is 2.30. The average Bonchev–Trinajstić information content (AvgIpc) is 2.39. The van der Waals surface area contributed by atoms with Crippen molar-refractivity contribution in [3.05, 3.63) is 35.9 Å². The number of hydrogen-bond acceptors (Lipinski definition) is 2. The van der Waals surface area contributed by atoms with Crippen molar-refractivity contribution in [1.82, 2.24) is 0 Å². The van der Waals surface area contributed by atoms with Gasteiger partial charge in [0.1, 0.15) is 0 Å². The maximum absolute atomic E-state index is 11.3. The van der Waals surface area contributed by atoms with Crippen LogP contribution in [0.2, 0.25) is 0 Å². The zero-order valence-corrected chi connectivity index (χ0v) is 12.8. The van der Waals surface area contributed by atoms with Gasteiger partial charge in [-0.05, 0) is 51.0 Å². The summed E-state index contributed by atoms with van der Waals surface area (Å²) in [6, 6.07) is 3.86. The van der Waals surface area contributed by atoms with E-state index in [0.717, 1.165) is 24.2 Å². The van der Waals surface area contributed by atoms with Crippen LogP contribution in [0.3, 0.4) is 0 Å². The Morgan fingerprint density at radius 2 is 1.75 bits per heavy atom. The van der Waals surface area contributed by atoms with Gasteiger partial charge >= 0.3 is 6.09 Å². The third-order valence-corrected chi connectivity index (χ3v) is 3.41. The second kappa shape index (κ2) is 6.98. The Morgan fingerprint density at radius 3 is 2.10 bits per heavy atom. The van der Waals surface area contributed by atoms with Gasteiger partial charge in [-0.1, -0.05) is 6.08 Å². The van der Waals surface area contributed by atoms with Gasteiger partial charge < -0.3 is 10.0 Å². The minimum absolute atomic E-state index is 0.291. The Bertz CT molecular complexity index is 470. The summed E-state index contributed by atoms with van der Waals surface area (Å²) in [5.74, 6) is 0. The van der Waals surface area contributed by atoms with E-state index in [4.69, 9.17) is 0 Å².